The molecule has 0 heterocycles. The van der Waals surface area contributed by atoms with Crippen LogP contribution >= 0.6 is 15.9 Å². The maximum absolute atomic E-state index is 11.7. The lowest BCUT2D eigenvalue weighted by molar-refractivity contribution is -0.274. The van der Waals surface area contributed by atoms with Gasteiger partial charge in [-0.15, -0.1) is 13.2 Å². The van der Waals surface area contributed by atoms with Crippen LogP contribution in [0.1, 0.15) is 5.56 Å². The van der Waals surface area contributed by atoms with Gasteiger partial charge in [0, 0.05) is 17.0 Å². The van der Waals surface area contributed by atoms with Gasteiger partial charge in [-0.25, -0.2) is 0 Å². The molecule has 1 rings (SSSR count). The van der Waals surface area contributed by atoms with Crippen LogP contribution in [0.4, 0.5) is 13.2 Å². The highest BCUT2D eigenvalue weighted by Crippen LogP contribution is 2.29. The van der Waals surface area contributed by atoms with E-state index >= 15 is 0 Å². The molecule has 2 nitrogen and oxygen atoms in total. The minimum absolute atomic E-state index is 0.233. The molecule has 0 aromatic heterocycles. The number of halogens is 4. The van der Waals surface area contributed by atoms with Gasteiger partial charge in [0.2, 0.25) is 0 Å². The zero-order chi connectivity index (χ0) is 10.8. The van der Waals surface area contributed by atoms with Crippen molar-refractivity contribution in [3.8, 4) is 11.5 Å². The topological polar surface area (TPSA) is 29.5 Å². The predicted molar refractivity (Wildman–Crippen MR) is 47.4 cm³/mol. The van der Waals surface area contributed by atoms with E-state index in [-0.39, 0.29) is 5.75 Å². The van der Waals surface area contributed by atoms with Crippen molar-refractivity contribution in [2.75, 3.05) is 0 Å². The van der Waals surface area contributed by atoms with E-state index in [2.05, 4.69) is 20.7 Å². The molecule has 0 saturated heterocycles. The summed E-state index contributed by atoms with van der Waals surface area (Å²) in [6, 6.07) is 3.42. The fraction of sp³-hybridized carbons (Fsp3) is 0.250. The third-order valence-electron chi connectivity index (χ3n) is 1.43. The summed E-state index contributed by atoms with van der Waals surface area (Å²) in [5.74, 6) is -0.664. The molecule has 0 spiro atoms. The van der Waals surface area contributed by atoms with Crippen molar-refractivity contribution in [2.24, 2.45) is 0 Å². The molecule has 0 aliphatic carbocycles. The van der Waals surface area contributed by atoms with E-state index in [1.165, 1.54) is 6.07 Å². The van der Waals surface area contributed by atoms with E-state index in [0.29, 0.717) is 10.9 Å². The first kappa shape index (κ1) is 11.2. The van der Waals surface area contributed by atoms with Gasteiger partial charge in [-0.05, 0) is 6.07 Å². The minimum atomic E-state index is -4.73. The van der Waals surface area contributed by atoms with Crippen molar-refractivity contribution in [3.05, 3.63) is 23.8 Å². The number of hydrogen-bond acceptors (Lipinski definition) is 2. The Morgan fingerprint density at radius 2 is 2.00 bits per heavy atom. The number of benzene rings is 1. The Bertz CT molecular complexity index is 325. The zero-order valence-electron chi connectivity index (χ0n) is 6.81. The Morgan fingerprint density at radius 3 is 2.43 bits per heavy atom. The van der Waals surface area contributed by atoms with Crippen molar-refractivity contribution in [2.45, 2.75) is 11.7 Å². The van der Waals surface area contributed by atoms with Crippen molar-refractivity contribution in [3.63, 3.8) is 0 Å². The van der Waals surface area contributed by atoms with Crippen LogP contribution in [0, 0.1) is 0 Å². The van der Waals surface area contributed by atoms with Gasteiger partial charge in [0.15, 0.2) is 0 Å². The summed E-state index contributed by atoms with van der Waals surface area (Å²) in [5, 5.41) is 9.58. The molecule has 14 heavy (non-hydrogen) atoms. The lowest BCUT2D eigenvalue weighted by Gasteiger charge is -2.09. The maximum atomic E-state index is 11.7. The van der Waals surface area contributed by atoms with Crippen LogP contribution in [0.15, 0.2) is 18.2 Å². The first-order valence-electron chi connectivity index (χ1n) is 3.56. The van der Waals surface area contributed by atoms with E-state index in [1.54, 1.807) is 0 Å². The lowest BCUT2D eigenvalue weighted by atomic mass is 10.2. The van der Waals surface area contributed by atoms with E-state index in [9.17, 15) is 18.3 Å². The molecular formula is C8H6BrF3O2. The minimum Gasteiger partial charge on any atom is -0.507 e. The third kappa shape index (κ3) is 3.10. The summed E-state index contributed by atoms with van der Waals surface area (Å²) in [6.07, 6.45) is -4.73. The van der Waals surface area contributed by atoms with Gasteiger partial charge >= 0.3 is 6.36 Å². The van der Waals surface area contributed by atoms with E-state index in [4.69, 9.17) is 0 Å². The standard InChI is InChI=1S/C8H6BrF3O2/c9-4-5-1-2-6(3-7(5)13)14-8(10,11)12/h1-3,13H,4H2. The zero-order valence-corrected chi connectivity index (χ0v) is 8.39. The monoisotopic (exact) mass is 270 g/mol. The number of rotatable bonds is 2. The quantitative estimate of drug-likeness (QED) is 0.837. The molecule has 0 bridgehead atoms. The molecule has 0 aliphatic heterocycles. The van der Waals surface area contributed by atoms with Gasteiger partial charge in [0.1, 0.15) is 11.5 Å². The van der Waals surface area contributed by atoms with Crippen molar-refractivity contribution in [1.29, 1.82) is 0 Å². The third-order valence-corrected chi connectivity index (χ3v) is 2.04. The second-order valence-electron chi connectivity index (χ2n) is 2.47. The number of alkyl halides is 4. The van der Waals surface area contributed by atoms with Crippen molar-refractivity contribution >= 4 is 15.9 Å². The number of ether oxygens (including phenoxy) is 1. The van der Waals surface area contributed by atoms with Crippen LogP contribution in [-0.2, 0) is 5.33 Å². The second-order valence-corrected chi connectivity index (χ2v) is 3.03. The molecule has 1 N–H and O–H groups in total. The Morgan fingerprint density at radius 1 is 1.36 bits per heavy atom. The smallest absolute Gasteiger partial charge is 0.507 e. The van der Waals surface area contributed by atoms with Gasteiger partial charge < -0.3 is 9.84 Å². The second kappa shape index (κ2) is 4.08. The van der Waals surface area contributed by atoms with Crippen LogP contribution in [0.2, 0.25) is 0 Å². The molecule has 78 valence electrons. The Balaban J connectivity index is 2.87. The fourth-order valence-corrected chi connectivity index (χ4v) is 1.33. The van der Waals surface area contributed by atoms with Crippen LogP contribution in [-0.4, -0.2) is 11.5 Å². The molecular weight excluding hydrogens is 265 g/mol. The summed E-state index contributed by atoms with van der Waals surface area (Å²) >= 11 is 3.07. The number of hydrogen-bond donors (Lipinski definition) is 1. The number of aromatic hydroxyl groups is 1. The average molecular weight is 271 g/mol. The van der Waals surface area contributed by atoms with Gasteiger partial charge in [0.25, 0.3) is 0 Å². The van der Waals surface area contributed by atoms with E-state index in [1.807, 2.05) is 0 Å². The molecule has 0 aliphatic rings. The highest BCUT2D eigenvalue weighted by molar-refractivity contribution is 9.08. The van der Waals surface area contributed by atoms with Crippen LogP contribution in [0.5, 0.6) is 11.5 Å². The number of phenols is 1. The molecule has 1 aromatic rings. The lowest BCUT2D eigenvalue weighted by Crippen LogP contribution is -2.17. The Kier molecular flexibility index (Phi) is 3.25. The Labute approximate surface area is 86.4 Å². The van der Waals surface area contributed by atoms with Crippen molar-refractivity contribution < 1.29 is 23.0 Å². The molecule has 0 fully saturated rings. The molecule has 0 saturated carbocycles. The van der Waals surface area contributed by atoms with Crippen LogP contribution in [0.3, 0.4) is 0 Å². The molecule has 0 radical (unpaired) electrons. The first-order chi connectivity index (χ1) is 6.42. The highest BCUT2D eigenvalue weighted by atomic mass is 79.9. The molecule has 0 unspecified atom stereocenters. The summed E-state index contributed by atoms with van der Waals surface area (Å²) in [6.45, 7) is 0. The SMILES string of the molecule is Oc1cc(OC(F)(F)F)ccc1CBr. The maximum Gasteiger partial charge on any atom is 0.573 e. The normalized spacial score (nSPS) is 11.4. The molecule has 0 amide bonds. The highest BCUT2D eigenvalue weighted by Gasteiger charge is 2.31. The van der Waals surface area contributed by atoms with Gasteiger partial charge in [-0.3, -0.25) is 0 Å². The summed E-state index contributed by atoms with van der Waals surface area (Å²) in [5.41, 5.74) is 0.500. The van der Waals surface area contributed by atoms with Gasteiger partial charge in [0.05, 0.1) is 0 Å². The van der Waals surface area contributed by atoms with Gasteiger partial charge in [-0.2, -0.15) is 0 Å². The predicted octanol–water partition coefficient (Wildman–Crippen LogP) is 3.19. The fourth-order valence-electron chi connectivity index (χ4n) is 0.854. The molecule has 6 heteroatoms. The number of phenolic OH excluding ortho intramolecular Hbond substituents is 1. The van der Waals surface area contributed by atoms with Crippen molar-refractivity contribution in [1.82, 2.24) is 0 Å². The first-order valence-corrected chi connectivity index (χ1v) is 4.68. The van der Waals surface area contributed by atoms with E-state index in [0.717, 1.165) is 12.1 Å². The van der Waals surface area contributed by atoms with Gasteiger partial charge in [-0.1, -0.05) is 22.0 Å². The summed E-state index contributed by atoms with van der Waals surface area (Å²) in [4.78, 5) is 0. The largest absolute Gasteiger partial charge is 0.573 e. The molecule has 0 atom stereocenters. The average Bonchev–Trinajstić information content (AvgIpc) is 2.01. The summed E-state index contributed by atoms with van der Waals surface area (Å²) < 4.78 is 38.8. The van der Waals surface area contributed by atoms with Crippen LogP contribution in [0.25, 0.3) is 0 Å². The summed E-state index contributed by atoms with van der Waals surface area (Å²) in [7, 11) is 0. The Hall–Kier alpha value is -0.910. The van der Waals surface area contributed by atoms with Crippen LogP contribution < -0.4 is 4.74 Å². The van der Waals surface area contributed by atoms with E-state index < -0.39 is 12.1 Å². The molecule has 1 aromatic carbocycles.